The minimum Gasteiger partial charge on any atom is -0.383 e. The lowest BCUT2D eigenvalue weighted by atomic mass is 9.82. The number of methoxy groups -OCH3 is 2. The Labute approximate surface area is 133 Å². The minimum atomic E-state index is -0.487. The van der Waals surface area contributed by atoms with Crippen molar-refractivity contribution in [2.45, 2.75) is 24.5 Å². The lowest BCUT2D eigenvalue weighted by Crippen LogP contribution is -2.55. The first-order chi connectivity index (χ1) is 10.7. The zero-order chi connectivity index (χ0) is 15.8. The molecule has 1 unspecified atom stereocenters. The third-order valence-corrected chi connectivity index (χ3v) is 4.12. The molecule has 2 N–H and O–H groups in total. The van der Waals surface area contributed by atoms with E-state index in [4.69, 9.17) is 15.2 Å². The van der Waals surface area contributed by atoms with E-state index in [1.807, 2.05) is 36.4 Å². The van der Waals surface area contributed by atoms with E-state index in [1.54, 1.807) is 14.2 Å². The summed E-state index contributed by atoms with van der Waals surface area (Å²) in [6.45, 7) is 0.466. The van der Waals surface area contributed by atoms with Gasteiger partial charge in [-0.2, -0.15) is 0 Å². The Balaban J connectivity index is 2.29. The normalized spacial score (nSPS) is 13.0. The summed E-state index contributed by atoms with van der Waals surface area (Å²) in [6.07, 6.45) is 1.51. The van der Waals surface area contributed by atoms with E-state index in [0.29, 0.717) is 6.61 Å². The van der Waals surface area contributed by atoms with Gasteiger partial charge >= 0.3 is 0 Å². The second-order valence-electron chi connectivity index (χ2n) is 5.66. The van der Waals surface area contributed by atoms with Gasteiger partial charge < -0.3 is 15.2 Å². The van der Waals surface area contributed by atoms with Crippen LogP contribution in [-0.2, 0) is 22.3 Å². The molecule has 2 aromatic rings. The Morgan fingerprint density at radius 2 is 1.32 bits per heavy atom. The van der Waals surface area contributed by atoms with Gasteiger partial charge in [0.1, 0.15) is 0 Å². The van der Waals surface area contributed by atoms with E-state index >= 15 is 0 Å². The molecule has 3 nitrogen and oxygen atoms in total. The van der Waals surface area contributed by atoms with Crippen molar-refractivity contribution >= 4 is 0 Å². The number of hydrogen-bond donors (Lipinski definition) is 1. The second kappa shape index (κ2) is 8.08. The van der Waals surface area contributed by atoms with Crippen molar-refractivity contribution in [3.8, 4) is 0 Å². The monoisotopic (exact) mass is 299 g/mol. The maximum Gasteiger partial charge on any atom is 0.0931 e. The van der Waals surface area contributed by atoms with Gasteiger partial charge in [-0.25, -0.2) is 0 Å². The standard InChI is InChI=1S/C19H25NO2/c1-21-15-18(20)19(22-2,13-16-9-5-3-6-10-16)14-17-11-7-4-8-12-17/h3-12,18H,13-15,20H2,1-2H3. The summed E-state index contributed by atoms with van der Waals surface area (Å²) in [6, 6.07) is 20.4. The van der Waals surface area contributed by atoms with Crippen LogP contribution in [0.25, 0.3) is 0 Å². The van der Waals surface area contributed by atoms with Gasteiger partial charge in [-0.05, 0) is 11.1 Å². The van der Waals surface area contributed by atoms with Crippen molar-refractivity contribution in [1.29, 1.82) is 0 Å². The van der Waals surface area contributed by atoms with Crippen LogP contribution >= 0.6 is 0 Å². The SMILES string of the molecule is COCC(N)C(Cc1ccccc1)(Cc1ccccc1)OC. The van der Waals surface area contributed by atoms with E-state index in [9.17, 15) is 0 Å². The Morgan fingerprint density at radius 1 is 0.864 bits per heavy atom. The van der Waals surface area contributed by atoms with E-state index in [2.05, 4.69) is 24.3 Å². The molecule has 3 heteroatoms. The topological polar surface area (TPSA) is 44.5 Å². The summed E-state index contributed by atoms with van der Waals surface area (Å²) in [5, 5.41) is 0. The molecule has 0 fully saturated rings. The predicted octanol–water partition coefficient (Wildman–Crippen LogP) is 2.83. The number of ether oxygens (including phenoxy) is 2. The van der Waals surface area contributed by atoms with Crippen LogP contribution in [0.4, 0.5) is 0 Å². The van der Waals surface area contributed by atoms with Crippen molar-refractivity contribution in [2.24, 2.45) is 5.73 Å². The molecule has 0 heterocycles. The summed E-state index contributed by atoms with van der Waals surface area (Å²) in [4.78, 5) is 0. The summed E-state index contributed by atoms with van der Waals surface area (Å²) in [5.74, 6) is 0. The van der Waals surface area contributed by atoms with Gasteiger partial charge in [0.2, 0.25) is 0 Å². The second-order valence-corrected chi connectivity index (χ2v) is 5.66. The molecule has 2 aromatic carbocycles. The van der Waals surface area contributed by atoms with Crippen molar-refractivity contribution in [2.75, 3.05) is 20.8 Å². The van der Waals surface area contributed by atoms with Gasteiger partial charge in [0, 0.05) is 27.1 Å². The third kappa shape index (κ3) is 4.17. The molecule has 2 rings (SSSR count). The highest BCUT2D eigenvalue weighted by Gasteiger charge is 2.37. The molecule has 0 amide bonds. The predicted molar refractivity (Wildman–Crippen MR) is 89.9 cm³/mol. The Kier molecular flexibility index (Phi) is 6.13. The largest absolute Gasteiger partial charge is 0.383 e. The van der Waals surface area contributed by atoms with Crippen LogP contribution in [-0.4, -0.2) is 32.5 Å². The molecule has 1 atom stereocenters. The molecule has 0 bridgehead atoms. The first kappa shape index (κ1) is 16.7. The first-order valence-electron chi connectivity index (χ1n) is 7.58. The van der Waals surface area contributed by atoms with Gasteiger partial charge in [-0.1, -0.05) is 60.7 Å². The molecule has 0 aliphatic carbocycles. The van der Waals surface area contributed by atoms with E-state index in [0.717, 1.165) is 12.8 Å². The lowest BCUT2D eigenvalue weighted by molar-refractivity contribution is -0.0481. The van der Waals surface area contributed by atoms with Crippen LogP contribution < -0.4 is 5.73 Å². The quantitative estimate of drug-likeness (QED) is 0.815. The number of rotatable bonds is 8. The van der Waals surface area contributed by atoms with Gasteiger partial charge in [0.15, 0.2) is 0 Å². The zero-order valence-corrected chi connectivity index (χ0v) is 13.4. The Bertz CT molecular complexity index is 500. The molecule has 0 spiro atoms. The smallest absolute Gasteiger partial charge is 0.0931 e. The fraction of sp³-hybridized carbons (Fsp3) is 0.368. The van der Waals surface area contributed by atoms with Gasteiger partial charge in [0.25, 0.3) is 0 Å². The first-order valence-corrected chi connectivity index (χ1v) is 7.58. The van der Waals surface area contributed by atoms with E-state index in [-0.39, 0.29) is 6.04 Å². The average molecular weight is 299 g/mol. The Hall–Kier alpha value is -1.68. The molecule has 0 saturated carbocycles. The van der Waals surface area contributed by atoms with Gasteiger partial charge in [-0.15, -0.1) is 0 Å². The van der Waals surface area contributed by atoms with E-state index < -0.39 is 5.60 Å². The molecule has 0 radical (unpaired) electrons. The molecule has 0 aromatic heterocycles. The molecular weight excluding hydrogens is 274 g/mol. The van der Waals surface area contributed by atoms with Crippen LogP contribution in [0.5, 0.6) is 0 Å². The molecule has 0 aliphatic heterocycles. The van der Waals surface area contributed by atoms with Gasteiger partial charge in [-0.3, -0.25) is 0 Å². The highest BCUT2D eigenvalue weighted by Crippen LogP contribution is 2.26. The number of nitrogens with two attached hydrogens (primary N) is 1. The van der Waals surface area contributed by atoms with E-state index in [1.165, 1.54) is 11.1 Å². The van der Waals surface area contributed by atoms with Crippen LogP contribution in [0.3, 0.4) is 0 Å². The molecule has 0 saturated heterocycles. The number of benzene rings is 2. The zero-order valence-electron chi connectivity index (χ0n) is 13.4. The maximum absolute atomic E-state index is 6.42. The molecular formula is C19H25NO2. The minimum absolute atomic E-state index is 0.206. The summed E-state index contributed by atoms with van der Waals surface area (Å²) in [5.41, 5.74) is 8.36. The van der Waals surface area contributed by atoms with Crippen LogP contribution in [0, 0.1) is 0 Å². The lowest BCUT2D eigenvalue weighted by Gasteiger charge is -2.38. The Morgan fingerprint density at radius 3 is 1.68 bits per heavy atom. The summed E-state index contributed by atoms with van der Waals surface area (Å²) < 4.78 is 11.2. The van der Waals surface area contributed by atoms with Crippen molar-refractivity contribution in [3.63, 3.8) is 0 Å². The van der Waals surface area contributed by atoms with Crippen LogP contribution in [0.2, 0.25) is 0 Å². The summed E-state index contributed by atoms with van der Waals surface area (Å²) >= 11 is 0. The fourth-order valence-electron chi connectivity index (χ4n) is 2.83. The third-order valence-electron chi connectivity index (χ3n) is 4.12. The van der Waals surface area contributed by atoms with Gasteiger partial charge in [0.05, 0.1) is 18.2 Å². The molecule has 0 aliphatic rings. The van der Waals surface area contributed by atoms with Crippen molar-refractivity contribution < 1.29 is 9.47 Å². The fourth-order valence-corrected chi connectivity index (χ4v) is 2.83. The highest BCUT2D eigenvalue weighted by molar-refractivity contribution is 5.23. The molecule has 22 heavy (non-hydrogen) atoms. The molecule has 118 valence electrons. The highest BCUT2D eigenvalue weighted by atomic mass is 16.5. The van der Waals surface area contributed by atoms with Crippen molar-refractivity contribution in [1.82, 2.24) is 0 Å². The average Bonchev–Trinajstić information content (AvgIpc) is 2.56. The number of hydrogen-bond acceptors (Lipinski definition) is 3. The van der Waals surface area contributed by atoms with Crippen LogP contribution in [0.1, 0.15) is 11.1 Å². The maximum atomic E-state index is 6.42. The summed E-state index contributed by atoms with van der Waals surface area (Å²) in [7, 11) is 3.41. The van der Waals surface area contributed by atoms with Crippen LogP contribution in [0.15, 0.2) is 60.7 Å². The van der Waals surface area contributed by atoms with Crippen molar-refractivity contribution in [3.05, 3.63) is 71.8 Å².